The summed E-state index contributed by atoms with van der Waals surface area (Å²) in [5.74, 6) is 1.83. The molecule has 2 aromatic carbocycles. The van der Waals surface area contributed by atoms with Crippen molar-refractivity contribution in [3.63, 3.8) is 0 Å². The van der Waals surface area contributed by atoms with Crippen molar-refractivity contribution in [2.24, 2.45) is 0 Å². The van der Waals surface area contributed by atoms with Crippen molar-refractivity contribution >= 4 is 16.8 Å². The van der Waals surface area contributed by atoms with Gasteiger partial charge in [0, 0.05) is 39.7 Å². The quantitative estimate of drug-likeness (QED) is 0.242. The summed E-state index contributed by atoms with van der Waals surface area (Å²) in [7, 11) is -0.819. The lowest BCUT2D eigenvalue weighted by Gasteiger charge is -2.43. The van der Waals surface area contributed by atoms with Crippen molar-refractivity contribution in [3.05, 3.63) is 53.6 Å². The van der Waals surface area contributed by atoms with Crippen LogP contribution in [-0.4, -0.2) is 68.1 Å². The van der Waals surface area contributed by atoms with Crippen molar-refractivity contribution in [2.75, 3.05) is 37.7 Å². The number of aromatic hydroxyl groups is 2. The molecule has 1 aliphatic rings. The molecule has 7 nitrogen and oxygen atoms in total. The maximum absolute atomic E-state index is 12.1. The lowest BCUT2D eigenvalue weighted by Crippen LogP contribution is -2.40. The first-order valence-electron chi connectivity index (χ1n) is 13.8. The number of phenols is 2. The highest BCUT2D eigenvalue weighted by Crippen LogP contribution is 2.49. The van der Waals surface area contributed by atoms with Crippen LogP contribution in [-0.2, 0) is 21.0 Å². The molecule has 210 valence electrons. The molecule has 0 aliphatic carbocycles. The molecular formula is C30H43NO6S. The smallest absolute Gasteiger partial charge is 0.317 e. The first-order chi connectivity index (χ1) is 18.2. The minimum Gasteiger partial charge on any atom is -0.508 e. The fraction of sp³-hybridized carbons (Fsp3) is 0.567. The molecule has 0 saturated carbocycles. The van der Waals surface area contributed by atoms with Gasteiger partial charge in [-0.3, -0.25) is 13.9 Å². The second kappa shape index (κ2) is 14.5. The molecule has 1 heterocycles. The van der Waals surface area contributed by atoms with E-state index in [1.807, 2.05) is 23.1 Å². The standard InChI is InChI=1S/C30H43NO6S/c1-3-4-18-38(36)19-8-17-31(21-29(34)35)16-7-5-6-9-27-26-15-14-25(33)20-28(26)37-22-30(27,2)23-10-12-24(32)13-11-23/h10-15,20,27,32-33H,3-9,16-19,21-22H2,1-2H3,(H,34,35)/t27-,30-,38?/m1/s1. The van der Waals surface area contributed by atoms with Gasteiger partial charge < -0.3 is 20.1 Å². The maximum atomic E-state index is 12.1. The molecule has 2 aromatic rings. The zero-order valence-electron chi connectivity index (χ0n) is 22.7. The third kappa shape index (κ3) is 8.46. The van der Waals surface area contributed by atoms with Crippen LogP contribution in [0.25, 0.3) is 0 Å². The topological polar surface area (TPSA) is 107 Å². The van der Waals surface area contributed by atoms with E-state index in [0.29, 0.717) is 25.4 Å². The van der Waals surface area contributed by atoms with Gasteiger partial charge in [-0.05, 0) is 68.1 Å². The Morgan fingerprint density at radius 1 is 1.00 bits per heavy atom. The summed E-state index contributed by atoms with van der Waals surface area (Å²) in [5.41, 5.74) is 1.89. The van der Waals surface area contributed by atoms with E-state index in [0.717, 1.165) is 67.6 Å². The van der Waals surface area contributed by atoms with E-state index in [9.17, 15) is 24.3 Å². The Bertz CT molecular complexity index is 1060. The Labute approximate surface area is 229 Å². The highest BCUT2D eigenvalue weighted by Gasteiger charge is 2.42. The SMILES string of the molecule is CCCCS(=O)CCCN(CCCCC[C@@H]1c2ccc(O)cc2OC[C@]1(C)c1ccc(O)cc1)CC(=O)O. The summed E-state index contributed by atoms with van der Waals surface area (Å²) in [6.45, 7) is 6.13. The Morgan fingerprint density at radius 3 is 2.39 bits per heavy atom. The van der Waals surface area contributed by atoms with Crippen LogP contribution in [0.15, 0.2) is 42.5 Å². The molecule has 0 amide bonds. The van der Waals surface area contributed by atoms with Crippen LogP contribution in [0.5, 0.6) is 17.2 Å². The van der Waals surface area contributed by atoms with E-state index in [4.69, 9.17) is 4.74 Å². The lowest BCUT2D eigenvalue weighted by molar-refractivity contribution is -0.138. The van der Waals surface area contributed by atoms with Gasteiger partial charge >= 0.3 is 5.97 Å². The molecule has 3 rings (SSSR count). The molecule has 0 bridgehead atoms. The van der Waals surface area contributed by atoms with E-state index in [1.165, 1.54) is 0 Å². The number of unbranched alkanes of at least 4 members (excludes halogenated alkanes) is 3. The normalized spacial score (nSPS) is 19.6. The predicted molar refractivity (Wildman–Crippen MR) is 152 cm³/mol. The van der Waals surface area contributed by atoms with E-state index in [-0.39, 0.29) is 29.4 Å². The number of carbonyl (C=O) groups is 1. The number of carboxylic acid groups (broad SMARTS) is 1. The molecule has 0 fully saturated rings. The predicted octanol–water partition coefficient (Wildman–Crippen LogP) is 5.42. The van der Waals surface area contributed by atoms with Gasteiger partial charge in [0.25, 0.3) is 0 Å². The lowest BCUT2D eigenvalue weighted by atomic mass is 9.66. The molecule has 3 N–H and O–H groups in total. The third-order valence-electron chi connectivity index (χ3n) is 7.59. The fourth-order valence-corrected chi connectivity index (χ4v) is 6.65. The van der Waals surface area contributed by atoms with Gasteiger partial charge in [0.1, 0.15) is 17.2 Å². The first-order valence-corrected chi connectivity index (χ1v) is 15.3. The van der Waals surface area contributed by atoms with Gasteiger partial charge in [-0.15, -0.1) is 0 Å². The molecule has 0 radical (unpaired) electrons. The van der Waals surface area contributed by atoms with Gasteiger partial charge in [0.05, 0.1) is 13.2 Å². The molecule has 38 heavy (non-hydrogen) atoms. The summed E-state index contributed by atoms with van der Waals surface area (Å²) in [5, 5.41) is 29.1. The number of rotatable bonds is 16. The number of carboxylic acids is 1. The second-order valence-corrected chi connectivity index (χ2v) is 12.3. The van der Waals surface area contributed by atoms with Crippen LogP contribution in [0.1, 0.15) is 75.8 Å². The summed E-state index contributed by atoms with van der Waals surface area (Å²) in [4.78, 5) is 13.3. The molecule has 3 atom stereocenters. The molecule has 0 spiro atoms. The molecule has 8 heteroatoms. The first kappa shape index (κ1) is 30.0. The van der Waals surface area contributed by atoms with E-state index in [2.05, 4.69) is 13.8 Å². The Kier molecular flexibility index (Phi) is 11.5. The van der Waals surface area contributed by atoms with Crippen LogP contribution in [0, 0.1) is 0 Å². The van der Waals surface area contributed by atoms with Gasteiger partial charge in [-0.1, -0.05) is 51.3 Å². The van der Waals surface area contributed by atoms with Gasteiger partial charge in [-0.25, -0.2) is 0 Å². The monoisotopic (exact) mass is 545 g/mol. The van der Waals surface area contributed by atoms with Crippen molar-refractivity contribution in [3.8, 4) is 17.2 Å². The molecule has 1 unspecified atom stereocenters. The summed E-state index contributed by atoms with van der Waals surface area (Å²) in [6.07, 6.45) is 6.51. The van der Waals surface area contributed by atoms with Crippen LogP contribution in [0.4, 0.5) is 0 Å². The van der Waals surface area contributed by atoms with Gasteiger partial charge in [0.15, 0.2) is 0 Å². The van der Waals surface area contributed by atoms with Crippen molar-refractivity contribution in [1.82, 2.24) is 4.90 Å². The number of ether oxygens (including phenoxy) is 1. The number of benzene rings is 2. The van der Waals surface area contributed by atoms with Crippen LogP contribution in [0.2, 0.25) is 0 Å². The zero-order chi connectivity index (χ0) is 27.5. The zero-order valence-corrected chi connectivity index (χ0v) is 23.5. The summed E-state index contributed by atoms with van der Waals surface area (Å²) in [6, 6.07) is 12.7. The highest BCUT2D eigenvalue weighted by atomic mass is 32.2. The highest BCUT2D eigenvalue weighted by molar-refractivity contribution is 7.84. The van der Waals surface area contributed by atoms with E-state index >= 15 is 0 Å². The van der Waals surface area contributed by atoms with Crippen LogP contribution < -0.4 is 4.74 Å². The number of nitrogens with zero attached hydrogens (tertiary/aromatic N) is 1. The van der Waals surface area contributed by atoms with E-state index < -0.39 is 16.8 Å². The van der Waals surface area contributed by atoms with Crippen molar-refractivity contribution in [1.29, 1.82) is 0 Å². The van der Waals surface area contributed by atoms with Crippen molar-refractivity contribution < 1.29 is 29.1 Å². The molecular weight excluding hydrogens is 502 g/mol. The Hall–Kier alpha value is -2.58. The maximum Gasteiger partial charge on any atom is 0.317 e. The number of hydrogen-bond donors (Lipinski definition) is 3. The molecule has 1 aliphatic heterocycles. The number of hydrogen-bond acceptors (Lipinski definition) is 6. The van der Waals surface area contributed by atoms with Crippen LogP contribution >= 0.6 is 0 Å². The average molecular weight is 546 g/mol. The van der Waals surface area contributed by atoms with E-state index in [1.54, 1.807) is 24.3 Å². The molecule has 0 saturated heterocycles. The Morgan fingerprint density at radius 2 is 1.68 bits per heavy atom. The van der Waals surface area contributed by atoms with Crippen molar-refractivity contribution in [2.45, 2.75) is 70.1 Å². The van der Waals surface area contributed by atoms with Crippen LogP contribution in [0.3, 0.4) is 0 Å². The number of phenolic OH excluding ortho intramolecular Hbond substituents is 2. The summed E-state index contributed by atoms with van der Waals surface area (Å²) >= 11 is 0. The molecule has 0 aromatic heterocycles. The average Bonchev–Trinajstić information content (AvgIpc) is 2.88. The van der Waals surface area contributed by atoms with Gasteiger partial charge in [-0.2, -0.15) is 0 Å². The minimum atomic E-state index is -0.830. The third-order valence-corrected chi connectivity index (χ3v) is 9.08. The number of aliphatic carboxylic acids is 1. The number of fused-ring (bicyclic) bond motifs is 1. The largest absolute Gasteiger partial charge is 0.508 e. The Balaban J connectivity index is 1.58. The second-order valence-electron chi connectivity index (χ2n) is 10.6. The fourth-order valence-electron chi connectivity index (χ4n) is 5.39. The van der Waals surface area contributed by atoms with Gasteiger partial charge in [0.2, 0.25) is 0 Å². The minimum absolute atomic E-state index is 0.0113. The summed E-state index contributed by atoms with van der Waals surface area (Å²) < 4.78 is 18.2.